The number of amides is 4. The number of methoxy groups -OCH3 is 1. The number of non-ortho nitro benzene ring substituents is 1. The Morgan fingerprint density at radius 1 is 1.21 bits per heavy atom. The molecule has 0 unspecified atom stereocenters. The molecule has 0 spiro atoms. The van der Waals surface area contributed by atoms with Crippen molar-refractivity contribution in [3.63, 3.8) is 0 Å². The Balaban J connectivity index is 1.85. The number of benzene rings is 2. The smallest absolute Gasteiger partial charge is 0.344 e. The summed E-state index contributed by atoms with van der Waals surface area (Å²) in [7, 11) is 1.47. The average Bonchev–Trinajstić information content (AvgIpc) is 2.92. The molecule has 28 heavy (non-hydrogen) atoms. The lowest BCUT2D eigenvalue weighted by Crippen LogP contribution is -2.47. The minimum atomic E-state index is -1.42. The minimum absolute atomic E-state index is 0.0650. The molecule has 0 saturated carbocycles. The predicted molar refractivity (Wildman–Crippen MR) is 96.3 cm³/mol. The lowest BCUT2D eigenvalue weighted by molar-refractivity contribution is -0.384. The van der Waals surface area contributed by atoms with E-state index in [1.807, 2.05) is 0 Å². The third-order valence-electron chi connectivity index (χ3n) is 4.37. The molecular weight excluding hydrogens is 368 g/mol. The van der Waals surface area contributed by atoms with Gasteiger partial charge in [0.15, 0.2) is 0 Å². The summed E-state index contributed by atoms with van der Waals surface area (Å²) in [5.74, 6) is -1.04. The number of nitrogens with one attached hydrogen (secondary N) is 2. The number of ether oxygens (including phenoxy) is 1. The maximum atomic E-state index is 12.9. The van der Waals surface area contributed by atoms with Crippen LogP contribution in [0.15, 0.2) is 48.5 Å². The van der Waals surface area contributed by atoms with E-state index in [0.717, 1.165) is 6.07 Å². The van der Waals surface area contributed by atoms with Crippen molar-refractivity contribution in [1.29, 1.82) is 0 Å². The number of nitro groups is 1. The first kappa shape index (κ1) is 18.8. The molecule has 1 aliphatic heterocycles. The van der Waals surface area contributed by atoms with Crippen LogP contribution in [0.1, 0.15) is 22.8 Å². The molecule has 144 valence electrons. The van der Waals surface area contributed by atoms with Crippen LogP contribution in [-0.4, -0.2) is 34.9 Å². The van der Waals surface area contributed by atoms with Gasteiger partial charge in [0.1, 0.15) is 11.3 Å². The van der Waals surface area contributed by atoms with Gasteiger partial charge in [-0.1, -0.05) is 18.2 Å². The van der Waals surface area contributed by atoms with Crippen LogP contribution in [0.25, 0.3) is 0 Å². The highest BCUT2D eigenvalue weighted by Gasteiger charge is 2.50. The average molecular weight is 384 g/mol. The number of imide groups is 1. The Morgan fingerprint density at radius 2 is 1.93 bits per heavy atom. The zero-order valence-corrected chi connectivity index (χ0v) is 15.0. The number of hydrogen-bond donors (Lipinski definition) is 2. The van der Waals surface area contributed by atoms with Crippen LogP contribution < -0.4 is 15.5 Å². The van der Waals surface area contributed by atoms with Gasteiger partial charge in [0.25, 0.3) is 17.5 Å². The van der Waals surface area contributed by atoms with Gasteiger partial charge in [0.05, 0.1) is 12.0 Å². The monoisotopic (exact) mass is 384 g/mol. The van der Waals surface area contributed by atoms with Crippen LogP contribution in [0.2, 0.25) is 0 Å². The van der Waals surface area contributed by atoms with Crippen molar-refractivity contribution < 1.29 is 24.0 Å². The van der Waals surface area contributed by atoms with Crippen molar-refractivity contribution in [1.82, 2.24) is 15.8 Å². The molecule has 2 aromatic carbocycles. The molecule has 4 amide bonds. The number of nitrogens with zero attached hydrogens (tertiary/aromatic N) is 2. The predicted octanol–water partition coefficient (Wildman–Crippen LogP) is 1.72. The molecule has 10 heteroatoms. The molecule has 1 saturated heterocycles. The lowest BCUT2D eigenvalue weighted by Gasteiger charge is -2.22. The summed E-state index contributed by atoms with van der Waals surface area (Å²) in [5, 5.41) is 14.0. The quantitative estimate of drug-likeness (QED) is 0.458. The van der Waals surface area contributed by atoms with Gasteiger partial charge in [0, 0.05) is 17.7 Å². The molecule has 0 aliphatic carbocycles. The van der Waals surface area contributed by atoms with E-state index in [4.69, 9.17) is 4.74 Å². The van der Waals surface area contributed by atoms with Crippen molar-refractivity contribution in [2.75, 3.05) is 7.11 Å². The Bertz CT molecular complexity index is 992. The van der Waals surface area contributed by atoms with Crippen LogP contribution in [-0.2, 0) is 10.3 Å². The number of rotatable bonds is 5. The van der Waals surface area contributed by atoms with Crippen molar-refractivity contribution in [2.24, 2.45) is 0 Å². The number of hydrogen-bond acceptors (Lipinski definition) is 6. The van der Waals surface area contributed by atoms with E-state index >= 15 is 0 Å². The standard InChI is InChI=1S/C18H16N4O6/c1-18(12-6-4-8-14(10-12)28-2)16(24)21(17(25)19-18)20-15(23)11-5-3-7-13(9-11)22(26)27/h3-10H,1-2H3,(H,19,25)(H,20,23)/t18-/m0/s1. The largest absolute Gasteiger partial charge is 0.497 e. The van der Waals surface area contributed by atoms with Crippen LogP contribution >= 0.6 is 0 Å². The summed E-state index contributed by atoms with van der Waals surface area (Å²) in [6.45, 7) is 1.50. The highest BCUT2D eigenvalue weighted by molar-refractivity contribution is 6.09. The van der Waals surface area contributed by atoms with Gasteiger partial charge in [-0.15, -0.1) is 0 Å². The van der Waals surface area contributed by atoms with Gasteiger partial charge >= 0.3 is 6.03 Å². The van der Waals surface area contributed by atoms with Gasteiger partial charge in [-0.2, -0.15) is 5.01 Å². The van der Waals surface area contributed by atoms with Crippen molar-refractivity contribution in [3.8, 4) is 5.75 Å². The van der Waals surface area contributed by atoms with Crippen molar-refractivity contribution in [3.05, 3.63) is 69.8 Å². The van der Waals surface area contributed by atoms with Crippen molar-refractivity contribution >= 4 is 23.5 Å². The molecule has 1 atom stereocenters. The third-order valence-corrected chi connectivity index (χ3v) is 4.37. The first-order valence-corrected chi connectivity index (χ1v) is 8.13. The lowest BCUT2D eigenvalue weighted by atomic mass is 9.92. The van der Waals surface area contributed by atoms with E-state index in [0.29, 0.717) is 16.3 Å². The molecule has 2 N–H and O–H groups in total. The van der Waals surface area contributed by atoms with E-state index in [9.17, 15) is 24.5 Å². The van der Waals surface area contributed by atoms with E-state index in [1.165, 1.54) is 32.2 Å². The molecule has 10 nitrogen and oxygen atoms in total. The second-order valence-electron chi connectivity index (χ2n) is 6.18. The van der Waals surface area contributed by atoms with E-state index in [-0.39, 0.29) is 11.3 Å². The highest BCUT2D eigenvalue weighted by Crippen LogP contribution is 2.30. The maximum absolute atomic E-state index is 12.9. The van der Waals surface area contributed by atoms with Gasteiger partial charge in [-0.25, -0.2) is 4.79 Å². The molecular formula is C18H16N4O6. The number of carbonyl (C=O) groups is 3. The topological polar surface area (TPSA) is 131 Å². The summed E-state index contributed by atoms with van der Waals surface area (Å²) in [6.07, 6.45) is 0. The van der Waals surface area contributed by atoms with Crippen molar-refractivity contribution in [2.45, 2.75) is 12.5 Å². The third kappa shape index (κ3) is 3.22. The first-order valence-electron chi connectivity index (χ1n) is 8.13. The second-order valence-corrected chi connectivity index (χ2v) is 6.18. The Labute approximate surface area is 159 Å². The normalized spacial score (nSPS) is 18.6. The Morgan fingerprint density at radius 3 is 2.61 bits per heavy atom. The molecule has 1 fully saturated rings. The summed E-state index contributed by atoms with van der Waals surface area (Å²) < 4.78 is 5.14. The van der Waals surface area contributed by atoms with E-state index in [1.54, 1.807) is 24.3 Å². The van der Waals surface area contributed by atoms with Crippen LogP contribution in [0, 0.1) is 10.1 Å². The number of nitro benzene ring substituents is 1. The SMILES string of the molecule is COc1cccc([C@]2(C)NC(=O)N(NC(=O)c3cccc([N+](=O)[O-])c3)C2=O)c1. The minimum Gasteiger partial charge on any atom is -0.497 e. The van der Waals surface area contributed by atoms with E-state index in [2.05, 4.69) is 10.7 Å². The Kier molecular flexibility index (Phi) is 4.70. The molecule has 0 aromatic heterocycles. The fourth-order valence-electron chi connectivity index (χ4n) is 2.80. The van der Waals surface area contributed by atoms with Crippen LogP contribution in [0.3, 0.4) is 0 Å². The van der Waals surface area contributed by atoms with Gasteiger partial charge in [-0.05, 0) is 30.7 Å². The Hall–Kier alpha value is -3.95. The first-order chi connectivity index (χ1) is 13.3. The molecule has 3 rings (SSSR count). The van der Waals surface area contributed by atoms with Gasteiger partial charge in [-0.3, -0.25) is 25.1 Å². The summed E-state index contributed by atoms with van der Waals surface area (Å²) in [5.41, 5.74) is 0.897. The molecule has 0 radical (unpaired) electrons. The summed E-state index contributed by atoms with van der Waals surface area (Å²) >= 11 is 0. The highest BCUT2D eigenvalue weighted by atomic mass is 16.6. The fraction of sp³-hybridized carbons (Fsp3) is 0.167. The summed E-state index contributed by atoms with van der Waals surface area (Å²) in [4.78, 5) is 47.8. The zero-order valence-electron chi connectivity index (χ0n) is 15.0. The number of hydrazine groups is 1. The van der Waals surface area contributed by atoms with Gasteiger partial charge < -0.3 is 10.1 Å². The molecule has 0 bridgehead atoms. The molecule has 2 aromatic rings. The maximum Gasteiger partial charge on any atom is 0.344 e. The second kappa shape index (κ2) is 6.99. The van der Waals surface area contributed by atoms with Crippen LogP contribution in [0.5, 0.6) is 5.75 Å². The summed E-state index contributed by atoms with van der Waals surface area (Å²) in [6, 6.07) is 10.7. The fourth-order valence-corrected chi connectivity index (χ4v) is 2.80. The number of urea groups is 1. The van der Waals surface area contributed by atoms with Crippen LogP contribution in [0.4, 0.5) is 10.5 Å². The van der Waals surface area contributed by atoms with Gasteiger partial charge in [0.2, 0.25) is 0 Å². The zero-order chi connectivity index (χ0) is 20.5. The number of carbonyl (C=O) groups excluding carboxylic acids is 3. The molecule has 1 aliphatic rings. The van der Waals surface area contributed by atoms with E-state index < -0.39 is 28.3 Å². The molecule has 1 heterocycles.